The maximum atomic E-state index is 13.3. The molecule has 1 heterocycles. The lowest BCUT2D eigenvalue weighted by Crippen LogP contribution is -2.29. The van der Waals surface area contributed by atoms with Crippen LogP contribution in [0.1, 0.15) is 30.7 Å². The minimum atomic E-state index is -4.51. The van der Waals surface area contributed by atoms with Gasteiger partial charge in [0.1, 0.15) is 17.2 Å². The van der Waals surface area contributed by atoms with Crippen LogP contribution in [0.15, 0.2) is 52.9 Å². The van der Waals surface area contributed by atoms with Crippen molar-refractivity contribution in [2.75, 3.05) is 5.32 Å². The quantitative estimate of drug-likeness (QED) is 0.553. The second kappa shape index (κ2) is 7.72. The van der Waals surface area contributed by atoms with Gasteiger partial charge >= 0.3 is 6.18 Å². The molecule has 1 aromatic heterocycles. The van der Waals surface area contributed by atoms with Crippen LogP contribution in [0.25, 0.3) is 11.0 Å². The third kappa shape index (κ3) is 4.55. The van der Waals surface area contributed by atoms with Crippen LogP contribution >= 0.6 is 0 Å². The number of nitrogens with one attached hydrogen (secondary N) is 2. The summed E-state index contributed by atoms with van der Waals surface area (Å²) in [5, 5.41) is 5.76. The van der Waals surface area contributed by atoms with Gasteiger partial charge in [0.25, 0.3) is 0 Å². The molecule has 2 N–H and O–H groups in total. The molecule has 31 heavy (non-hydrogen) atoms. The van der Waals surface area contributed by atoms with Crippen LogP contribution in [0.4, 0.5) is 23.2 Å². The third-order valence-corrected chi connectivity index (χ3v) is 5.20. The van der Waals surface area contributed by atoms with Gasteiger partial charge in [0.15, 0.2) is 0 Å². The zero-order chi connectivity index (χ0) is 22.3. The Balaban J connectivity index is 1.35. The molecule has 2 aromatic carbocycles. The van der Waals surface area contributed by atoms with Crippen LogP contribution in [-0.2, 0) is 15.8 Å². The van der Waals surface area contributed by atoms with E-state index in [1.165, 1.54) is 30.3 Å². The van der Waals surface area contributed by atoms with Crippen molar-refractivity contribution < 1.29 is 31.6 Å². The number of hydrogen-bond acceptors (Lipinski definition) is 3. The van der Waals surface area contributed by atoms with Crippen molar-refractivity contribution in [2.45, 2.75) is 25.6 Å². The van der Waals surface area contributed by atoms with Gasteiger partial charge in [0.05, 0.1) is 23.4 Å². The maximum absolute atomic E-state index is 13.3. The summed E-state index contributed by atoms with van der Waals surface area (Å²) in [6.45, 7) is 1.70. The van der Waals surface area contributed by atoms with E-state index in [4.69, 9.17) is 4.42 Å². The Morgan fingerprint density at radius 1 is 1.06 bits per heavy atom. The van der Waals surface area contributed by atoms with Crippen molar-refractivity contribution in [2.24, 2.45) is 11.8 Å². The van der Waals surface area contributed by atoms with E-state index in [9.17, 15) is 27.2 Å². The molecule has 162 valence electrons. The molecule has 1 aliphatic carbocycles. The summed E-state index contributed by atoms with van der Waals surface area (Å²) in [5.41, 5.74) is -0.356. The van der Waals surface area contributed by atoms with Crippen LogP contribution in [0.5, 0.6) is 0 Å². The minimum Gasteiger partial charge on any atom is -0.459 e. The molecular weight excluding hydrogens is 416 g/mol. The smallest absolute Gasteiger partial charge is 0.416 e. The number of carbonyl (C=O) groups excluding carboxylic acids is 2. The van der Waals surface area contributed by atoms with Crippen molar-refractivity contribution in [3.05, 3.63) is 65.7 Å². The fourth-order valence-corrected chi connectivity index (χ4v) is 3.42. The zero-order valence-electron chi connectivity index (χ0n) is 16.3. The van der Waals surface area contributed by atoms with Crippen LogP contribution in [0.2, 0.25) is 0 Å². The first-order valence-corrected chi connectivity index (χ1v) is 9.59. The molecule has 0 spiro atoms. The Labute approximate surface area is 174 Å². The summed E-state index contributed by atoms with van der Waals surface area (Å²) in [7, 11) is 0. The standard InChI is InChI=1S/C22H18F4N2O3/c1-11(19-8-12-7-14(23)5-6-18(12)31-19)27-20(29)16-10-17(16)21(30)28-15-4-2-3-13(9-15)22(24,25)26/h2-9,11,16-17H,10H2,1H3,(H,27,29)(H,28,30)/t11-,16?,17?/m1/s1. The Morgan fingerprint density at radius 2 is 1.81 bits per heavy atom. The van der Waals surface area contributed by atoms with Gasteiger partial charge in [0.2, 0.25) is 11.8 Å². The second-order valence-electron chi connectivity index (χ2n) is 7.58. The average molecular weight is 434 g/mol. The number of fused-ring (bicyclic) bond motifs is 1. The number of amides is 2. The zero-order valence-corrected chi connectivity index (χ0v) is 16.3. The van der Waals surface area contributed by atoms with Crippen molar-refractivity contribution in [3.63, 3.8) is 0 Å². The highest BCUT2D eigenvalue weighted by Gasteiger charge is 2.48. The molecule has 4 rings (SSSR count). The first-order valence-electron chi connectivity index (χ1n) is 9.59. The molecule has 2 amide bonds. The number of furan rings is 1. The highest BCUT2D eigenvalue weighted by molar-refractivity contribution is 5.99. The summed E-state index contributed by atoms with van der Waals surface area (Å²) < 4.78 is 57.4. The summed E-state index contributed by atoms with van der Waals surface area (Å²) in [6.07, 6.45) is -4.21. The number of hydrogen-bond donors (Lipinski definition) is 2. The number of alkyl halides is 3. The largest absolute Gasteiger partial charge is 0.459 e. The molecule has 1 saturated carbocycles. The fraction of sp³-hybridized carbons (Fsp3) is 0.273. The molecule has 9 heteroatoms. The van der Waals surface area contributed by atoms with E-state index < -0.39 is 41.3 Å². The number of anilines is 1. The predicted octanol–water partition coefficient (Wildman–Crippen LogP) is 5.04. The first-order chi connectivity index (χ1) is 14.6. The Kier molecular flexibility index (Phi) is 5.20. The SMILES string of the molecule is C[C@@H](NC(=O)C1CC1C(=O)Nc1cccc(C(F)(F)F)c1)c1cc2cc(F)ccc2o1. The number of rotatable bonds is 5. The van der Waals surface area contributed by atoms with E-state index in [1.807, 2.05) is 0 Å². The molecule has 3 aromatic rings. The molecule has 0 aliphatic heterocycles. The van der Waals surface area contributed by atoms with Crippen molar-refractivity contribution >= 4 is 28.5 Å². The summed E-state index contributed by atoms with van der Waals surface area (Å²) in [6, 6.07) is 9.55. The molecule has 1 fully saturated rings. The van der Waals surface area contributed by atoms with Gasteiger partial charge in [-0.2, -0.15) is 13.2 Å². The van der Waals surface area contributed by atoms with E-state index in [0.717, 1.165) is 12.1 Å². The van der Waals surface area contributed by atoms with Crippen LogP contribution < -0.4 is 10.6 Å². The lowest BCUT2D eigenvalue weighted by atomic mass is 10.2. The van der Waals surface area contributed by atoms with Crippen LogP contribution in [0.3, 0.4) is 0 Å². The van der Waals surface area contributed by atoms with Gasteiger partial charge in [0, 0.05) is 11.1 Å². The van der Waals surface area contributed by atoms with E-state index in [0.29, 0.717) is 23.2 Å². The van der Waals surface area contributed by atoms with E-state index in [1.54, 1.807) is 13.0 Å². The second-order valence-corrected chi connectivity index (χ2v) is 7.58. The minimum absolute atomic E-state index is 0.0220. The van der Waals surface area contributed by atoms with Crippen molar-refractivity contribution in [1.29, 1.82) is 0 Å². The fourth-order valence-electron chi connectivity index (χ4n) is 3.42. The first kappa shape index (κ1) is 20.9. The van der Waals surface area contributed by atoms with Gasteiger partial charge in [-0.3, -0.25) is 9.59 Å². The van der Waals surface area contributed by atoms with Gasteiger partial charge in [-0.25, -0.2) is 4.39 Å². The number of benzene rings is 2. The highest BCUT2D eigenvalue weighted by Crippen LogP contribution is 2.40. The number of halogens is 4. The lowest BCUT2D eigenvalue weighted by molar-refractivity contribution is -0.137. The molecule has 0 saturated heterocycles. The molecule has 0 bridgehead atoms. The predicted molar refractivity (Wildman–Crippen MR) is 104 cm³/mol. The summed E-state index contributed by atoms with van der Waals surface area (Å²) in [5.74, 6) is -2.01. The van der Waals surface area contributed by atoms with Gasteiger partial charge in [-0.1, -0.05) is 6.07 Å². The van der Waals surface area contributed by atoms with Crippen LogP contribution in [0, 0.1) is 17.7 Å². The van der Waals surface area contributed by atoms with Crippen LogP contribution in [-0.4, -0.2) is 11.8 Å². The molecule has 5 nitrogen and oxygen atoms in total. The average Bonchev–Trinajstić information content (AvgIpc) is 3.40. The molecular formula is C22H18F4N2O3. The maximum Gasteiger partial charge on any atom is 0.416 e. The van der Waals surface area contributed by atoms with Crippen molar-refractivity contribution in [3.8, 4) is 0 Å². The van der Waals surface area contributed by atoms with Crippen molar-refractivity contribution in [1.82, 2.24) is 5.32 Å². The normalized spacial score (nSPS) is 19.1. The lowest BCUT2D eigenvalue weighted by Gasteiger charge is -2.12. The van der Waals surface area contributed by atoms with Gasteiger partial charge in [-0.05, 0) is 55.8 Å². The Morgan fingerprint density at radius 3 is 2.55 bits per heavy atom. The number of carbonyl (C=O) groups is 2. The van der Waals surface area contributed by atoms with E-state index >= 15 is 0 Å². The van der Waals surface area contributed by atoms with E-state index in [2.05, 4.69) is 10.6 Å². The monoisotopic (exact) mass is 434 g/mol. The van der Waals surface area contributed by atoms with E-state index in [-0.39, 0.29) is 11.6 Å². The Hall–Kier alpha value is -3.36. The summed E-state index contributed by atoms with van der Waals surface area (Å²) in [4.78, 5) is 24.8. The van der Waals surface area contributed by atoms with Gasteiger partial charge in [-0.15, -0.1) is 0 Å². The molecule has 3 atom stereocenters. The topological polar surface area (TPSA) is 71.3 Å². The molecule has 1 aliphatic rings. The third-order valence-electron chi connectivity index (χ3n) is 5.20. The van der Waals surface area contributed by atoms with Gasteiger partial charge < -0.3 is 15.1 Å². The Bertz CT molecular complexity index is 1160. The highest BCUT2D eigenvalue weighted by atomic mass is 19.4. The molecule has 2 unspecified atom stereocenters. The molecule has 0 radical (unpaired) electrons. The summed E-state index contributed by atoms with van der Waals surface area (Å²) >= 11 is 0.